The number of hydrogen-bond acceptors (Lipinski definition) is 5. The van der Waals surface area contributed by atoms with E-state index >= 15 is 0 Å². The average Bonchev–Trinajstić information content (AvgIpc) is 2.29. The van der Waals surface area contributed by atoms with Crippen LogP contribution in [0, 0.1) is 0 Å². The Morgan fingerprint density at radius 2 is 2.00 bits per heavy atom. The predicted molar refractivity (Wildman–Crippen MR) is 61.5 cm³/mol. The normalized spacial score (nSPS) is 9.88. The van der Waals surface area contributed by atoms with Gasteiger partial charge in [0, 0.05) is 6.20 Å². The smallest absolute Gasteiger partial charge is 0.323 e. The van der Waals surface area contributed by atoms with E-state index in [0.717, 1.165) is 0 Å². The van der Waals surface area contributed by atoms with Crippen LogP contribution in [-0.2, 0) is 0 Å². The number of amides is 1. The van der Waals surface area contributed by atoms with Crippen molar-refractivity contribution in [1.82, 2.24) is 9.97 Å². The van der Waals surface area contributed by atoms with Crippen LogP contribution >= 0.6 is 0 Å². The van der Waals surface area contributed by atoms with Crippen LogP contribution in [0.4, 0.5) is 5.82 Å². The van der Waals surface area contributed by atoms with Gasteiger partial charge in [-0.25, -0.2) is 4.98 Å². The molecule has 0 saturated carbocycles. The minimum absolute atomic E-state index is 0.0682. The number of benzene rings is 1. The maximum absolute atomic E-state index is 11.2. The highest BCUT2D eigenvalue weighted by molar-refractivity contribution is 5.95. The molecule has 0 saturated heterocycles. The summed E-state index contributed by atoms with van der Waals surface area (Å²) < 4.78 is 5.35. The van der Waals surface area contributed by atoms with Crippen LogP contribution in [-0.4, -0.2) is 15.9 Å². The molecule has 0 aliphatic rings. The molecule has 0 aliphatic heterocycles. The van der Waals surface area contributed by atoms with Gasteiger partial charge in [0.05, 0.1) is 5.56 Å². The number of ether oxygens (including phenoxy) is 1. The number of primary amides is 1. The van der Waals surface area contributed by atoms with Crippen molar-refractivity contribution in [3.8, 4) is 11.8 Å². The van der Waals surface area contributed by atoms with Gasteiger partial charge in [-0.15, -0.1) is 0 Å². The molecule has 6 nitrogen and oxygen atoms in total. The summed E-state index contributed by atoms with van der Waals surface area (Å²) >= 11 is 0. The second-order valence-electron chi connectivity index (χ2n) is 3.23. The SMILES string of the molecule is NC(=O)c1ccccc1Oc1nccc(N)n1. The molecule has 1 aromatic heterocycles. The lowest BCUT2D eigenvalue weighted by Gasteiger charge is -2.06. The predicted octanol–water partition coefficient (Wildman–Crippen LogP) is 0.950. The van der Waals surface area contributed by atoms with Gasteiger partial charge >= 0.3 is 6.01 Å². The standard InChI is InChI=1S/C11H10N4O2/c12-9-5-6-14-11(15-9)17-8-4-2-1-3-7(8)10(13)16/h1-6H,(H2,13,16)(H2,12,14,15). The van der Waals surface area contributed by atoms with Crippen LogP contribution < -0.4 is 16.2 Å². The van der Waals surface area contributed by atoms with E-state index in [1.54, 1.807) is 24.3 Å². The number of carbonyl (C=O) groups excluding carboxylic acids is 1. The van der Waals surface area contributed by atoms with Gasteiger partial charge in [-0.05, 0) is 18.2 Å². The summed E-state index contributed by atoms with van der Waals surface area (Å²) in [6, 6.07) is 8.17. The average molecular weight is 230 g/mol. The monoisotopic (exact) mass is 230 g/mol. The van der Waals surface area contributed by atoms with Crippen LogP contribution in [0.3, 0.4) is 0 Å². The summed E-state index contributed by atoms with van der Waals surface area (Å²) in [7, 11) is 0. The minimum Gasteiger partial charge on any atom is -0.423 e. The Balaban J connectivity index is 2.33. The van der Waals surface area contributed by atoms with Crippen molar-refractivity contribution < 1.29 is 9.53 Å². The van der Waals surface area contributed by atoms with Crippen LogP contribution in [0.1, 0.15) is 10.4 Å². The maximum Gasteiger partial charge on any atom is 0.323 e. The molecular formula is C11H10N4O2. The van der Waals surface area contributed by atoms with Crippen molar-refractivity contribution in [3.05, 3.63) is 42.1 Å². The van der Waals surface area contributed by atoms with E-state index in [0.29, 0.717) is 5.75 Å². The van der Waals surface area contributed by atoms with Crippen LogP contribution in [0.5, 0.6) is 11.8 Å². The third-order valence-corrected chi connectivity index (χ3v) is 2.01. The first-order valence-corrected chi connectivity index (χ1v) is 4.82. The lowest BCUT2D eigenvalue weighted by molar-refractivity contribution is 0.0998. The summed E-state index contributed by atoms with van der Waals surface area (Å²) in [6.07, 6.45) is 1.46. The number of carbonyl (C=O) groups is 1. The fourth-order valence-electron chi connectivity index (χ4n) is 1.26. The molecule has 6 heteroatoms. The molecule has 4 N–H and O–H groups in total. The summed E-state index contributed by atoms with van der Waals surface area (Å²) in [6.45, 7) is 0. The molecule has 2 rings (SSSR count). The molecule has 0 unspecified atom stereocenters. The second kappa shape index (κ2) is 4.48. The Hall–Kier alpha value is -2.63. The first-order chi connectivity index (χ1) is 8.16. The van der Waals surface area contributed by atoms with Crippen LogP contribution in [0.2, 0.25) is 0 Å². The van der Waals surface area contributed by atoms with Crippen molar-refractivity contribution in [2.24, 2.45) is 5.73 Å². The molecule has 1 aromatic carbocycles. The Morgan fingerprint density at radius 1 is 1.24 bits per heavy atom. The molecule has 17 heavy (non-hydrogen) atoms. The fraction of sp³-hybridized carbons (Fsp3) is 0. The summed E-state index contributed by atoms with van der Waals surface area (Å²) in [4.78, 5) is 18.9. The first kappa shape index (κ1) is 10.9. The van der Waals surface area contributed by atoms with Gasteiger partial charge in [0.1, 0.15) is 11.6 Å². The van der Waals surface area contributed by atoms with E-state index < -0.39 is 5.91 Å². The highest BCUT2D eigenvalue weighted by atomic mass is 16.5. The Kier molecular flexibility index (Phi) is 2.87. The lowest BCUT2D eigenvalue weighted by Crippen LogP contribution is -2.12. The van der Waals surface area contributed by atoms with Gasteiger partial charge in [-0.1, -0.05) is 12.1 Å². The quantitative estimate of drug-likeness (QED) is 0.816. The number of rotatable bonds is 3. The van der Waals surface area contributed by atoms with Crippen molar-refractivity contribution in [2.75, 3.05) is 5.73 Å². The first-order valence-electron chi connectivity index (χ1n) is 4.82. The van der Waals surface area contributed by atoms with Crippen molar-refractivity contribution >= 4 is 11.7 Å². The minimum atomic E-state index is -0.579. The lowest BCUT2D eigenvalue weighted by atomic mass is 10.2. The van der Waals surface area contributed by atoms with Gasteiger partial charge in [0.15, 0.2) is 0 Å². The van der Waals surface area contributed by atoms with Crippen LogP contribution in [0.15, 0.2) is 36.5 Å². The zero-order chi connectivity index (χ0) is 12.3. The van der Waals surface area contributed by atoms with E-state index in [9.17, 15) is 4.79 Å². The van der Waals surface area contributed by atoms with Gasteiger partial charge in [0.2, 0.25) is 0 Å². The van der Waals surface area contributed by atoms with Crippen molar-refractivity contribution in [3.63, 3.8) is 0 Å². The van der Waals surface area contributed by atoms with Gasteiger partial charge < -0.3 is 16.2 Å². The molecule has 1 heterocycles. The fourth-order valence-corrected chi connectivity index (χ4v) is 1.26. The third kappa shape index (κ3) is 2.49. The number of nitrogens with zero attached hydrogens (tertiary/aromatic N) is 2. The van der Waals surface area contributed by atoms with Crippen molar-refractivity contribution in [1.29, 1.82) is 0 Å². The van der Waals surface area contributed by atoms with Gasteiger partial charge in [-0.2, -0.15) is 4.98 Å². The molecule has 0 fully saturated rings. The molecule has 0 atom stereocenters. The molecule has 86 valence electrons. The topological polar surface area (TPSA) is 104 Å². The third-order valence-electron chi connectivity index (χ3n) is 2.01. The Bertz CT molecular complexity index is 557. The van der Waals surface area contributed by atoms with Gasteiger partial charge in [0.25, 0.3) is 5.91 Å². The molecule has 1 amide bonds. The maximum atomic E-state index is 11.2. The molecule has 0 aliphatic carbocycles. The Morgan fingerprint density at radius 3 is 2.71 bits per heavy atom. The highest BCUT2D eigenvalue weighted by Gasteiger charge is 2.10. The summed E-state index contributed by atoms with van der Waals surface area (Å²) in [5.41, 5.74) is 11.0. The number of aromatic nitrogens is 2. The van der Waals surface area contributed by atoms with Gasteiger partial charge in [-0.3, -0.25) is 4.79 Å². The summed E-state index contributed by atoms with van der Waals surface area (Å²) in [5.74, 6) is 0.00154. The van der Waals surface area contributed by atoms with Crippen LogP contribution in [0.25, 0.3) is 0 Å². The largest absolute Gasteiger partial charge is 0.423 e. The Labute approximate surface area is 97.2 Å². The summed E-state index contributed by atoms with van der Waals surface area (Å²) in [5, 5.41) is 0. The van der Waals surface area contributed by atoms with E-state index in [-0.39, 0.29) is 17.4 Å². The molecule has 0 spiro atoms. The number of nitrogens with two attached hydrogens (primary N) is 2. The van der Waals surface area contributed by atoms with E-state index in [1.807, 2.05) is 0 Å². The molecule has 0 bridgehead atoms. The number of nitrogen functional groups attached to an aromatic ring is 1. The number of anilines is 1. The molecular weight excluding hydrogens is 220 g/mol. The zero-order valence-electron chi connectivity index (χ0n) is 8.83. The molecule has 0 radical (unpaired) electrons. The van der Waals surface area contributed by atoms with E-state index in [2.05, 4.69) is 9.97 Å². The molecule has 2 aromatic rings. The highest BCUT2D eigenvalue weighted by Crippen LogP contribution is 2.22. The van der Waals surface area contributed by atoms with E-state index in [4.69, 9.17) is 16.2 Å². The number of hydrogen-bond donors (Lipinski definition) is 2. The zero-order valence-corrected chi connectivity index (χ0v) is 8.83. The van der Waals surface area contributed by atoms with Crippen molar-refractivity contribution in [2.45, 2.75) is 0 Å². The van der Waals surface area contributed by atoms with E-state index in [1.165, 1.54) is 12.3 Å². The second-order valence-corrected chi connectivity index (χ2v) is 3.23. The number of para-hydroxylation sites is 1.